The SMILES string of the molecule is O=C(C[C@H]1C=C[C@H](NC(=O)CC2CC2)[C@@H](CO)O1)NCc1ccc(-c2ccccc2)cc1. The number of carbonyl (C=O) groups excluding carboxylic acids is 2. The van der Waals surface area contributed by atoms with Crippen molar-refractivity contribution in [1.82, 2.24) is 10.6 Å². The Morgan fingerprint density at radius 1 is 0.906 bits per heavy atom. The number of amides is 2. The molecule has 0 spiro atoms. The van der Waals surface area contributed by atoms with Crippen molar-refractivity contribution < 1.29 is 19.4 Å². The smallest absolute Gasteiger partial charge is 0.223 e. The van der Waals surface area contributed by atoms with E-state index in [0.717, 1.165) is 29.5 Å². The first kappa shape index (κ1) is 22.2. The van der Waals surface area contributed by atoms with Gasteiger partial charge >= 0.3 is 0 Å². The van der Waals surface area contributed by atoms with Gasteiger partial charge < -0.3 is 20.5 Å². The molecule has 6 heteroatoms. The predicted octanol–water partition coefficient (Wildman–Crippen LogP) is 2.96. The summed E-state index contributed by atoms with van der Waals surface area (Å²) in [5.41, 5.74) is 3.31. The van der Waals surface area contributed by atoms with Crippen LogP contribution in [0.15, 0.2) is 66.7 Å². The quantitative estimate of drug-likeness (QED) is 0.530. The number of nitrogens with one attached hydrogen (secondary N) is 2. The molecule has 1 aliphatic heterocycles. The van der Waals surface area contributed by atoms with Crippen LogP contribution < -0.4 is 10.6 Å². The van der Waals surface area contributed by atoms with Gasteiger partial charge in [0.05, 0.1) is 25.2 Å². The molecule has 1 aliphatic carbocycles. The molecule has 2 aromatic rings. The Morgan fingerprint density at radius 2 is 1.62 bits per heavy atom. The van der Waals surface area contributed by atoms with E-state index in [-0.39, 0.29) is 30.9 Å². The maximum Gasteiger partial charge on any atom is 0.223 e. The van der Waals surface area contributed by atoms with Gasteiger partial charge in [-0.05, 0) is 35.4 Å². The molecule has 2 amide bonds. The van der Waals surface area contributed by atoms with E-state index in [0.29, 0.717) is 18.9 Å². The number of hydrogen-bond acceptors (Lipinski definition) is 4. The maximum absolute atomic E-state index is 12.4. The summed E-state index contributed by atoms with van der Waals surface area (Å²) < 4.78 is 5.84. The number of benzene rings is 2. The summed E-state index contributed by atoms with van der Waals surface area (Å²) in [5, 5.41) is 15.5. The van der Waals surface area contributed by atoms with Gasteiger partial charge in [0.25, 0.3) is 0 Å². The lowest BCUT2D eigenvalue weighted by Gasteiger charge is -2.31. The first-order chi connectivity index (χ1) is 15.6. The fourth-order valence-electron chi connectivity index (χ4n) is 3.87. The van der Waals surface area contributed by atoms with Crippen LogP contribution in [0.5, 0.6) is 0 Å². The number of carbonyl (C=O) groups is 2. The number of rotatable bonds is 9. The van der Waals surface area contributed by atoms with Crippen LogP contribution in [0, 0.1) is 5.92 Å². The summed E-state index contributed by atoms with van der Waals surface area (Å²) in [4.78, 5) is 24.5. The Balaban J connectivity index is 1.24. The van der Waals surface area contributed by atoms with Crippen LogP contribution in [0.4, 0.5) is 0 Å². The summed E-state index contributed by atoms with van der Waals surface area (Å²) in [5.74, 6) is 0.362. The van der Waals surface area contributed by atoms with Crippen molar-refractivity contribution in [2.24, 2.45) is 5.92 Å². The largest absolute Gasteiger partial charge is 0.394 e. The van der Waals surface area contributed by atoms with Gasteiger partial charge in [-0.1, -0.05) is 66.7 Å². The second kappa shape index (κ2) is 10.6. The van der Waals surface area contributed by atoms with E-state index in [4.69, 9.17) is 4.74 Å². The molecule has 1 fully saturated rings. The maximum atomic E-state index is 12.4. The van der Waals surface area contributed by atoms with E-state index in [1.807, 2.05) is 48.5 Å². The predicted molar refractivity (Wildman–Crippen MR) is 123 cm³/mol. The molecule has 0 aromatic heterocycles. The van der Waals surface area contributed by atoms with Crippen LogP contribution in [0.1, 0.15) is 31.2 Å². The third-order valence-corrected chi connectivity index (χ3v) is 5.90. The molecule has 0 bridgehead atoms. The van der Waals surface area contributed by atoms with E-state index in [1.165, 1.54) is 0 Å². The molecule has 6 nitrogen and oxygen atoms in total. The van der Waals surface area contributed by atoms with E-state index in [1.54, 1.807) is 6.08 Å². The third kappa shape index (κ3) is 6.28. The average Bonchev–Trinajstić information content (AvgIpc) is 3.63. The molecule has 1 heterocycles. The van der Waals surface area contributed by atoms with Gasteiger partial charge in [-0.25, -0.2) is 0 Å². The molecule has 1 saturated carbocycles. The average molecular weight is 435 g/mol. The Hall–Kier alpha value is -2.96. The molecule has 4 rings (SSSR count). The van der Waals surface area contributed by atoms with Gasteiger partial charge in [-0.3, -0.25) is 9.59 Å². The van der Waals surface area contributed by atoms with Crippen LogP contribution >= 0.6 is 0 Å². The number of aliphatic hydroxyl groups is 1. The number of aliphatic hydroxyl groups excluding tert-OH is 1. The summed E-state index contributed by atoms with van der Waals surface area (Å²) in [6, 6.07) is 17.9. The Labute approximate surface area is 188 Å². The molecular formula is C26H30N2O4. The van der Waals surface area contributed by atoms with Gasteiger partial charge in [-0.15, -0.1) is 0 Å². The fraction of sp³-hybridized carbons (Fsp3) is 0.385. The van der Waals surface area contributed by atoms with Crippen LogP contribution in [-0.4, -0.2) is 41.8 Å². The highest BCUT2D eigenvalue weighted by atomic mass is 16.5. The van der Waals surface area contributed by atoms with E-state index in [9.17, 15) is 14.7 Å². The fourth-order valence-corrected chi connectivity index (χ4v) is 3.87. The molecule has 2 aromatic carbocycles. The molecule has 3 atom stereocenters. The summed E-state index contributed by atoms with van der Waals surface area (Å²) in [6.07, 6.45) is 5.57. The minimum atomic E-state index is -0.550. The monoisotopic (exact) mass is 434 g/mol. The van der Waals surface area contributed by atoms with Crippen molar-refractivity contribution >= 4 is 11.8 Å². The van der Waals surface area contributed by atoms with Crippen LogP contribution in [0.3, 0.4) is 0 Å². The second-order valence-corrected chi connectivity index (χ2v) is 8.57. The summed E-state index contributed by atoms with van der Waals surface area (Å²) in [6.45, 7) is 0.220. The van der Waals surface area contributed by atoms with Crippen molar-refractivity contribution in [2.45, 2.75) is 50.5 Å². The Bertz CT molecular complexity index is 938. The first-order valence-electron chi connectivity index (χ1n) is 11.3. The summed E-state index contributed by atoms with van der Waals surface area (Å²) in [7, 11) is 0. The van der Waals surface area contributed by atoms with E-state index >= 15 is 0 Å². The number of ether oxygens (including phenoxy) is 1. The lowest BCUT2D eigenvalue weighted by atomic mass is 10.0. The zero-order valence-electron chi connectivity index (χ0n) is 18.1. The Morgan fingerprint density at radius 3 is 2.31 bits per heavy atom. The molecule has 0 saturated heterocycles. The number of hydrogen-bond donors (Lipinski definition) is 3. The highest BCUT2D eigenvalue weighted by molar-refractivity contribution is 5.78. The van der Waals surface area contributed by atoms with Crippen LogP contribution in [-0.2, 0) is 20.9 Å². The van der Waals surface area contributed by atoms with Crippen molar-refractivity contribution in [1.29, 1.82) is 0 Å². The van der Waals surface area contributed by atoms with Crippen molar-refractivity contribution in [3.8, 4) is 11.1 Å². The van der Waals surface area contributed by atoms with Gasteiger partial charge in [0.1, 0.15) is 6.10 Å². The minimum Gasteiger partial charge on any atom is -0.394 e. The van der Waals surface area contributed by atoms with Gasteiger partial charge in [0, 0.05) is 13.0 Å². The highest BCUT2D eigenvalue weighted by Gasteiger charge is 2.31. The standard InChI is InChI=1S/C26H30N2O4/c29-17-24-23(28-26(31)14-18-6-7-18)13-12-22(32-24)15-25(30)27-16-19-8-10-21(11-9-19)20-4-2-1-3-5-20/h1-5,8-13,18,22-24,29H,6-7,14-17H2,(H,27,30)(H,28,31)/t22-,23+,24-/m1/s1. The van der Waals surface area contributed by atoms with Gasteiger partial charge in [-0.2, -0.15) is 0 Å². The van der Waals surface area contributed by atoms with E-state index in [2.05, 4.69) is 22.8 Å². The minimum absolute atomic E-state index is 0.0151. The molecule has 0 radical (unpaired) electrons. The normalized spacial score (nSPS) is 22.3. The molecular weight excluding hydrogens is 404 g/mol. The summed E-state index contributed by atoms with van der Waals surface area (Å²) >= 11 is 0. The van der Waals surface area contributed by atoms with Crippen molar-refractivity contribution in [3.05, 3.63) is 72.3 Å². The van der Waals surface area contributed by atoms with Crippen LogP contribution in [0.2, 0.25) is 0 Å². The topological polar surface area (TPSA) is 87.7 Å². The van der Waals surface area contributed by atoms with Crippen molar-refractivity contribution in [2.75, 3.05) is 6.61 Å². The van der Waals surface area contributed by atoms with E-state index < -0.39 is 12.2 Å². The lowest BCUT2D eigenvalue weighted by Crippen LogP contribution is -2.49. The molecule has 3 N–H and O–H groups in total. The second-order valence-electron chi connectivity index (χ2n) is 8.57. The highest BCUT2D eigenvalue weighted by Crippen LogP contribution is 2.32. The van der Waals surface area contributed by atoms with Gasteiger partial charge in [0.15, 0.2) is 0 Å². The molecule has 0 unspecified atom stereocenters. The lowest BCUT2D eigenvalue weighted by molar-refractivity contribution is -0.128. The molecule has 168 valence electrons. The molecule has 32 heavy (non-hydrogen) atoms. The first-order valence-corrected chi connectivity index (χ1v) is 11.3. The van der Waals surface area contributed by atoms with Gasteiger partial charge in [0.2, 0.25) is 11.8 Å². The Kier molecular flexibility index (Phi) is 7.35. The zero-order chi connectivity index (χ0) is 22.3. The van der Waals surface area contributed by atoms with Crippen LogP contribution in [0.25, 0.3) is 11.1 Å². The third-order valence-electron chi connectivity index (χ3n) is 5.90. The molecule has 2 aliphatic rings. The van der Waals surface area contributed by atoms with Crippen molar-refractivity contribution in [3.63, 3.8) is 0 Å². The zero-order valence-corrected chi connectivity index (χ0v) is 18.1.